The number of carbonyl (C=O) groups excluding carboxylic acids is 1. The fourth-order valence-electron chi connectivity index (χ4n) is 4.33. The highest BCUT2D eigenvalue weighted by atomic mass is 35.5. The molecule has 0 spiro atoms. The molecule has 1 unspecified atom stereocenters. The summed E-state index contributed by atoms with van der Waals surface area (Å²) in [6.45, 7) is 2.58. The predicted octanol–water partition coefficient (Wildman–Crippen LogP) is 4.07. The fourth-order valence-corrected chi connectivity index (χ4v) is 4.51. The van der Waals surface area contributed by atoms with Crippen molar-refractivity contribution in [3.8, 4) is 5.75 Å². The summed E-state index contributed by atoms with van der Waals surface area (Å²) in [6, 6.07) is 7.34. The molecule has 3 aromatic rings. The van der Waals surface area contributed by atoms with Crippen molar-refractivity contribution in [1.82, 2.24) is 14.9 Å². The second-order valence-corrected chi connectivity index (χ2v) is 9.00. The van der Waals surface area contributed by atoms with Crippen LogP contribution in [-0.4, -0.2) is 72.9 Å². The third kappa shape index (κ3) is 5.64. The Hall–Kier alpha value is -3.38. The highest BCUT2D eigenvalue weighted by Crippen LogP contribution is 2.34. The maximum atomic E-state index is 14.7. The van der Waals surface area contributed by atoms with Crippen LogP contribution in [0.5, 0.6) is 5.75 Å². The van der Waals surface area contributed by atoms with Crippen molar-refractivity contribution in [2.45, 2.75) is 12.2 Å². The largest absolute Gasteiger partial charge is 0.494 e. The van der Waals surface area contributed by atoms with Crippen LogP contribution in [0.25, 0.3) is 10.9 Å². The summed E-state index contributed by atoms with van der Waals surface area (Å²) >= 11 is 5.88. The zero-order valence-electron chi connectivity index (χ0n) is 19.8. The molecular weight excluding hydrogens is 508 g/mol. The number of anilines is 3. The first-order chi connectivity index (χ1) is 17.9. The van der Waals surface area contributed by atoms with E-state index < -0.39 is 17.6 Å². The minimum atomic E-state index is -0.928. The highest BCUT2D eigenvalue weighted by Gasteiger charge is 2.36. The molecule has 12 heteroatoms. The van der Waals surface area contributed by atoms with Gasteiger partial charge in [-0.2, -0.15) is 0 Å². The van der Waals surface area contributed by atoms with Crippen molar-refractivity contribution in [3.63, 3.8) is 0 Å². The van der Waals surface area contributed by atoms with E-state index >= 15 is 0 Å². The monoisotopic (exact) mass is 531 g/mol. The Morgan fingerprint density at radius 3 is 2.68 bits per heavy atom. The molecule has 0 radical (unpaired) electrons. The summed E-state index contributed by atoms with van der Waals surface area (Å²) in [7, 11) is 1.43. The first-order valence-corrected chi connectivity index (χ1v) is 12.0. The molecule has 2 atom stereocenters. The van der Waals surface area contributed by atoms with Gasteiger partial charge in [0.05, 0.1) is 48.8 Å². The lowest BCUT2D eigenvalue weighted by Gasteiger charge is -2.24. The fraction of sp³-hybridized carbons (Fsp3) is 0.320. The Bertz CT molecular complexity index is 1340. The number of rotatable bonds is 7. The van der Waals surface area contributed by atoms with Gasteiger partial charge in [-0.15, -0.1) is 0 Å². The first-order valence-electron chi connectivity index (χ1n) is 11.6. The molecule has 9 nitrogen and oxygen atoms in total. The third-order valence-corrected chi connectivity index (χ3v) is 6.46. The predicted molar refractivity (Wildman–Crippen MR) is 135 cm³/mol. The van der Waals surface area contributed by atoms with Gasteiger partial charge in [-0.05, 0) is 30.3 Å². The summed E-state index contributed by atoms with van der Waals surface area (Å²) in [5.74, 6) is -1.72. The van der Waals surface area contributed by atoms with Crippen molar-refractivity contribution < 1.29 is 27.8 Å². The molecule has 2 aliphatic rings. The molecule has 194 valence electrons. The van der Waals surface area contributed by atoms with E-state index in [4.69, 9.17) is 25.8 Å². The number of amides is 1. The number of ether oxygens (including phenoxy) is 3. The van der Waals surface area contributed by atoms with Gasteiger partial charge in [-0.3, -0.25) is 9.69 Å². The van der Waals surface area contributed by atoms with Crippen LogP contribution in [0.3, 0.4) is 0 Å². The van der Waals surface area contributed by atoms with Gasteiger partial charge in [0, 0.05) is 36.8 Å². The van der Waals surface area contributed by atoms with E-state index in [9.17, 15) is 13.6 Å². The summed E-state index contributed by atoms with van der Waals surface area (Å²) in [6.07, 6.45) is 2.52. The summed E-state index contributed by atoms with van der Waals surface area (Å²) in [5, 5.41) is 6.09. The van der Waals surface area contributed by atoms with Crippen LogP contribution in [0, 0.1) is 5.82 Å². The molecular formula is C25H24ClF2N5O4. The molecule has 2 aliphatic heterocycles. The van der Waals surface area contributed by atoms with Crippen LogP contribution >= 0.6 is 11.6 Å². The normalized spacial score (nSPS) is 20.1. The Morgan fingerprint density at radius 1 is 1.22 bits per heavy atom. The van der Waals surface area contributed by atoms with Crippen LogP contribution in [-0.2, 0) is 14.3 Å². The lowest BCUT2D eigenvalue weighted by molar-refractivity contribution is -0.116. The van der Waals surface area contributed by atoms with Crippen LogP contribution in [0.4, 0.5) is 26.0 Å². The second kappa shape index (κ2) is 10.9. The maximum absolute atomic E-state index is 14.7. The van der Waals surface area contributed by atoms with E-state index in [1.807, 2.05) is 4.90 Å². The van der Waals surface area contributed by atoms with Gasteiger partial charge in [0.15, 0.2) is 5.83 Å². The van der Waals surface area contributed by atoms with E-state index in [1.54, 1.807) is 12.1 Å². The molecule has 2 fully saturated rings. The van der Waals surface area contributed by atoms with Crippen molar-refractivity contribution >= 4 is 45.6 Å². The van der Waals surface area contributed by atoms with E-state index in [2.05, 4.69) is 20.6 Å². The van der Waals surface area contributed by atoms with Gasteiger partial charge in [-0.1, -0.05) is 11.6 Å². The average Bonchev–Trinajstić information content (AvgIpc) is 3.32. The number of fused-ring (bicyclic) bond motifs is 2. The van der Waals surface area contributed by atoms with Crippen molar-refractivity contribution in [2.24, 2.45) is 0 Å². The summed E-state index contributed by atoms with van der Waals surface area (Å²) in [5.41, 5.74) is 1.24. The number of aromatic nitrogens is 2. The lowest BCUT2D eigenvalue weighted by Crippen LogP contribution is -2.36. The Morgan fingerprint density at radius 2 is 1.97 bits per heavy atom. The zero-order valence-corrected chi connectivity index (χ0v) is 20.6. The van der Waals surface area contributed by atoms with Gasteiger partial charge in [0.25, 0.3) is 5.91 Å². The topological polar surface area (TPSA) is 97.8 Å². The van der Waals surface area contributed by atoms with Crippen molar-refractivity contribution in [2.75, 3.05) is 50.6 Å². The summed E-state index contributed by atoms with van der Waals surface area (Å²) < 4.78 is 45.0. The SMILES string of the molecule is COc1cc2ncnc(Nc3ccc(F)c(Cl)c3)c2cc1NC(=O)/C(F)=C/CN1CC2OCCO[C@H]2C1. The van der Waals surface area contributed by atoms with Crippen molar-refractivity contribution in [3.05, 3.63) is 59.4 Å². The minimum absolute atomic E-state index is 0.0307. The molecule has 5 rings (SSSR count). The van der Waals surface area contributed by atoms with Crippen LogP contribution in [0.15, 0.2) is 48.6 Å². The van der Waals surface area contributed by atoms with Gasteiger partial charge in [-0.25, -0.2) is 18.7 Å². The van der Waals surface area contributed by atoms with E-state index in [-0.39, 0.29) is 29.5 Å². The quantitative estimate of drug-likeness (QED) is 0.440. The van der Waals surface area contributed by atoms with Gasteiger partial charge in [0.2, 0.25) is 0 Å². The molecule has 3 heterocycles. The number of nitrogens with zero attached hydrogens (tertiary/aromatic N) is 3. The molecule has 0 bridgehead atoms. The van der Waals surface area contributed by atoms with E-state index in [0.29, 0.717) is 54.5 Å². The van der Waals surface area contributed by atoms with Crippen molar-refractivity contribution in [1.29, 1.82) is 0 Å². The van der Waals surface area contributed by atoms with Crippen LogP contribution in [0.2, 0.25) is 5.02 Å². The number of halogens is 3. The molecule has 37 heavy (non-hydrogen) atoms. The molecule has 0 saturated carbocycles. The van der Waals surface area contributed by atoms with E-state index in [0.717, 1.165) is 0 Å². The number of nitrogens with one attached hydrogen (secondary N) is 2. The minimum Gasteiger partial charge on any atom is -0.494 e. The number of hydrogen-bond donors (Lipinski definition) is 2. The van der Waals surface area contributed by atoms with Gasteiger partial charge >= 0.3 is 0 Å². The number of hydrogen-bond acceptors (Lipinski definition) is 8. The number of methoxy groups -OCH3 is 1. The molecule has 2 N–H and O–H groups in total. The third-order valence-electron chi connectivity index (χ3n) is 6.17. The molecule has 2 saturated heterocycles. The van der Waals surface area contributed by atoms with Gasteiger partial charge in [0.1, 0.15) is 23.7 Å². The standard InChI is InChI=1S/C25H24ClF2N5O4/c1-35-21-10-19-15(24(30-13-29-19)31-14-2-3-17(27)16(26)8-14)9-20(21)32-25(34)18(28)4-5-33-11-22-23(12-33)37-7-6-36-22/h2-4,8-10,13,22-23H,5-7,11-12H2,1H3,(H,32,34)(H,29,30,31)/b18-4-/t22-,23?/m0/s1. The molecule has 2 aromatic carbocycles. The Kier molecular flexibility index (Phi) is 7.47. The first kappa shape index (κ1) is 25.3. The number of carbonyl (C=O) groups is 1. The highest BCUT2D eigenvalue weighted by molar-refractivity contribution is 6.31. The Balaban J connectivity index is 1.33. The van der Waals surface area contributed by atoms with Crippen LogP contribution in [0.1, 0.15) is 0 Å². The average molecular weight is 532 g/mol. The maximum Gasteiger partial charge on any atom is 0.284 e. The molecule has 0 aliphatic carbocycles. The summed E-state index contributed by atoms with van der Waals surface area (Å²) in [4.78, 5) is 23.1. The second-order valence-electron chi connectivity index (χ2n) is 8.59. The van der Waals surface area contributed by atoms with E-state index in [1.165, 1.54) is 37.7 Å². The lowest BCUT2D eigenvalue weighted by atomic mass is 10.1. The smallest absolute Gasteiger partial charge is 0.284 e. The zero-order chi connectivity index (χ0) is 25.9. The molecule has 1 amide bonds. The molecule has 1 aromatic heterocycles. The van der Waals surface area contributed by atoms with Gasteiger partial charge < -0.3 is 24.8 Å². The number of benzene rings is 2. The number of likely N-dealkylation sites (tertiary alicyclic amines) is 1. The van der Waals surface area contributed by atoms with Crippen LogP contribution < -0.4 is 15.4 Å². The Labute approximate surface area is 216 Å².